The molecule has 5 aromatic carbocycles. The fraction of sp³-hybridized carbons (Fsp3) is 0.132. The summed E-state index contributed by atoms with van der Waals surface area (Å²) < 4.78 is 158. The number of fused-ring (bicyclic) bond motifs is 2. The highest BCUT2D eigenvalue weighted by Crippen LogP contribution is 2.43. The maximum absolute atomic E-state index is 12.7. The zero-order valence-corrected chi connectivity index (χ0v) is 40.9. The van der Waals surface area contributed by atoms with Gasteiger partial charge in [-0.3, -0.25) is 13.7 Å². The van der Waals surface area contributed by atoms with Crippen LogP contribution in [0.1, 0.15) is 18.6 Å². The molecule has 74 heavy (non-hydrogen) atoms. The van der Waals surface area contributed by atoms with E-state index in [9.17, 15) is 54.2 Å². The van der Waals surface area contributed by atoms with Gasteiger partial charge in [0.15, 0.2) is 11.4 Å². The van der Waals surface area contributed by atoms with Crippen molar-refractivity contribution in [3.8, 4) is 23.1 Å². The molecule has 30 nitrogen and oxygen atoms in total. The highest BCUT2D eigenvalue weighted by Gasteiger charge is 2.23. The molecule has 0 aliphatic rings. The van der Waals surface area contributed by atoms with Gasteiger partial charge in [0.25, 0.3) is 30.4 Å². The summed E-state index contributed by atoms with van der Waals surface area (Å²) in [4.78, 5) is 19.5. The molecule has 0 aliphatic carbocycles. The number of aromatic nitrogens is 3. The van der Waals surface area contributed by atoms with E-state index in [1.807, 2.05) is 0 Å². The molecule has 0 atom stereocenters. The van der Waals surface area contributed by atoms with Crippen LogP contribution in [0.5, 0.6) is 17.4 Å². The van der Waals surface area contributed by atoms with Crippen LogP contribution in [0, 0.1) is 6.92 Å². The number of aliphatic hydroxyl groups is 1. The number of rotatable bonds is 14. The first-order chi connectivity index (χ1) is 34.2. The molecule has 7 aromatic rings. The number of aryl methyl sites for hydroxylation is 1. The lowest BCUT2D eigenvalue weighted by Gasteiger charge is -2.11. The van der Waals surface area contributed by atoms with Crippen LogP contribution in [0.2, 0.25) is 0 Å². The smallest absolute Gasteiger partial charge is 0.425 e. The quantitative estimate of drug-likeness (QED) is 0.0545. The number of aliphatic hydroxyl groups excluding tert-OH is 1. The van der Waals surface area contributed by atoms with Gasteiger partial charge in [0, 0.05) is 16.8 Å². The van der Waals surface area contributed by atoms with E-state index in [0.29, 0.717) is 21.8 Å². The zero-order valence-electron chi connectivity index (χ0n) is 36.0. The molecule has 0 radical (unpaired) electrons. The average Bonchev–Trinajstić information content (AvgIpc) is 3.88. The van der Waals surface area contributed by atoms with Crippen LogP contribution in [0.15, 0.2) is 126 Å². The average molecular weight is 1140 g/mol. The maximum Gasteiger partial charge on any atom is 0.425 e. The lowest BCUT2D eigenvalue weighted by molar-refractivity contribution is -0.191. The van der Waals surface area contributed by atoms with Crippen molar-refractivity contribution >= 4 is 124 Å². The Morgan fingerprint density at radius 1 is 0.689 bits per heavy atom. The van der Waals surface area contributed by atoms with Crippen LogP contribution >= 0.6 is 11.3 Å². The summed E-state index contributed by atoms with van der Waals surface area (Å²) in [5.74, 6) is -1.96. The van der Waals surface area contributed by atoms with Crippen LogP contribution in [0.4, 0.5) is 33.6 Å². The van der Waals surface area contributed by atoms with E-state index in [1.54, 1.807) is 25.1 Å². The Hall–Kier alpha value is -8.03. The van der Waals surface area contributed by atoms with E-state index >= 15 is 0 Å². The van der Waals surface area contributed by atoms with E-state index in [4.69, 9.17) is 39.6 Å². The second-order valence-electron chi connectivity index (χ2n) is 13.4. The van der Waals surface area contributed by atoms with Gasteiger partial charge in [-0.1, -0.05) is 30.9 Å². The number of thiazole rings is 1. The van der Waals surface area contributed by atoms with Gasteiger partial charge in [0.05, 0.1) is 39.3 Å². The summed E-state index contributed by atoms with van der Waals surface area (Å²) in [6.07, 6.45) is 1.32. The first-order valence-corrected chi connectivity index (χ1v) is 26.1. The number of ether oxygens (including phenoxy) is 1. The Bertz CT molecular complexity index is 3900. The fourth-order valence-corrected chi connectivity index (χ4v) is 8.21. The number of nitrogens with zero attached hydrogens (tertiary/aromatic N) is 9. The van der Waals surface area contributed by atoms with E-state index in [1.165, 1.54) is 53.8 Å². The molecule has 2 aromatic heterocycles. The van der Waals surface area contributed by atoms with Gasteiger partial charge in [0.1, 0.15) is 40.1 Å². The molecular formula is C38H33N9O21S6. The van der Waals surface area contributed by atoms with Gasteiger partial charge < -0.3 is 20.1 Å². The Morgan fingerprint density at radius 3 is 1.82 bits per heavy atom. The number of hydrogen-bond acceptors (Lipinski definition) is 27. The molecule has 0 saturated carbocycles. The second-order valence-corrected chi connectivity index (χ2v) is 19.6. The summed E-state index contributed by atoms with van der Waals surface area (Å²) >= 11 is 1.24. The van der Waals surface area contributed by atoms with Crippen LogP contribution in [0.3, 0.4) is 0 Å². The molecular weight excluding hydrogens is 1110 g/mol. The predicted octanol–water partition coefficient (Wildman–Crippen LogP) is 5.90. The SMILES string of the molecule is C.Cc1cc(N=Nc2ccc3c(S(=O)(=O)O)c(N=Nc4cnn(-c5ccc(S(=O)(=O)O)cc5)c4O)ccc3c2O)c(OCCS(=O)(=O)O)cc1N=Nc1nc2ccc(CO)cc2s1.O=C=O.O=S(=O)=O.O=S(=O)=O. The molecule has 392 valence electrons. The molecule has 0 unspecified atom stereocenters. The van der Waals surface area contributed by atoms with Gasteiger partial charge in [-0.15, -0.1) is 55.9 Å². The van der Waals surface area contributed by atoms with Crippen molar-refractivity contribution < 1.29 is 93.8 Å². The Balaban J connectivity index is 0.00000110. The van der Waals surface area contributed by atoms with Crippen LogP contribution in [0.25, 0.3) is 26.7 Å². The van der Waals surface area contributed by atoms with Crippen LogP contribution < -0.4 is 4.74 Å². The number of benzene rings is 5. The summed E-state index contributed by atoms with van der Waals surface area (Å²) in [5, 5.41) is 59.9. The van der Waals surface area contributed by atoms with E-state index < -0.39 is 91.0 Å². The topological polar surface area (TPSA) is 474 Å². The van der Waals surface area contributed by atoms with Crippen molar-refractivity contribution in [2.45, 2.75) is 30.7 Å². The third kappa shape index (κ3) is 17.1. The molecule has 0 fully saturated rings. The third-order valence-corrected chi connectivity index (χ3v) is 12.1. The molecule has 36 heteroatoms. The lowest BCUT2D eigenvalue weighted by atomic mass is 10.1. The van der Waals surface area contributed by atoms with E-state index in [0.717, 1.165) is 33.8 Å². The molecule has 0 amide bonds. The highest BCUT2D eigenvalue weighted by atomic mass is 32.2. The number of phenolic OH excluding ortho intramolecular Hbond substituents is 1. The number of phenols is 1. The Labute approximate surface area is 423 Å². The monoisotopic (exact) mass is 1140 g/mol. The van der Waals surface area contributed by atoms with Crippen molar-refractivity contribution in [2.75, 3.05) is 12.4 Å². The molecule has 0 saturated heterocycles. The van der Waals surface area contributed by atoms with Gasteiger partial charge in [-0.25, -0.2) is 4.98 Å². The summed E-state index contributed by atoms with van der Waals surface area (Å²) in [5.41, 5.74) is 1.48. The minimum Gasteiger partial charge on any atom is -0.505 e. The number of hydrogen-bond donors (Lipinski definition) is 6. The summed E-state index contributed by atoms with van der Waals surface area (Å²) in [6.45, 7) is 1.03. The first kappa shape index (κ1) is 60.3. The number of aromatic hydroxyl groups is 2. The Kier molecular flexibility index (Phi) is 21.2. The highest BCUT2D eigenvalue weighted by molar-refractivity contribution is 7.86. The molecule has 0 aliphatic heterocycles. The standard InChI is InChI=1S/C36H29N9O13S4.CO2.CH4.2O3S/c1-19-14-29(31(58-12-13-60(49,50)51)16-28(19)41-44-36-38-25-9-2-20(18-46)15-32(25)59-36)42-39-26-10-8-24-23(33(26)47)7-11-27(34(24)62(55,56)57)40-43-30-17-37-45(35(30)48)21-3-5-22(6-4-21)61(52,53)54;2-1-3;;2*1-4(2)3/h2-11,14-17,46-48H,12-13,18H2,1H3,(H,49,50,51)(H,52,53,54)(H,55,56,57);;1H4;;. The van der Waals surface area contributed by atoms with Gasteiger partial charge in [0.2, 0.25) is 11.0 Å². The molecule has 6 N–H and O–H groups in total. The van der Waals surface area contributed by atoms with Crippen molar-refractivity contribution in [1.29, 1.82) is 0 Å². The Morgan fingerprint density at radius 2 is 1.24 bits per heavy atom. The molecule has 0 bridgehead atoms. The minimum atomic E-state index is -5.06. The minimum absolute atomic E-state index is 0. The predicted molar refractivity (Wildman–Crippen MR) is 253 cm³/mol. The van der Waals surface area contributed by atoms with Crippen molar-refractivity contribution in [3.63, 3.8) is 0 Å². The maximum atomic E-state index is 12.7. The summed E-state index contributed by atoms with van der Waals surface area (Å²) in [7, 11) is -20.2. The van der Waals surface area contributed by atoms with E-state index in [-0.39, 0.29) is 65.1 Å². The normalized spacial score (nSPS) is 11.5. The second kappa shape index (κ2) is 26.1. The lowest BCUT2D eigenvalue weighted by Crippen LogP contribution is -2.12. The number of carbonyl (C=O) groups excluding carboxylic acids is 2. The van der Waals surface area contributed by atoms with Crippen LogP contribution in [-0.4, -0.2) is 113 Å². The van der Waals surface area contributed by atoms with Crippen LogP contribution in [-0.2, 0) is 67.8 Å². The number of azo groups is 3. The third-order valence-electron chi connectivity index (χ3n) is 8.72. The fourth-order valence-electron chi connectivity index (χ4n) is 5.75. The first-order valence-electron chi connectivity index (χ1n) is 18.8. The summed E-state index contributed by atoms with van der Waals surface area (Å²) in [6, 6.07) is 17.5. The molecule has 2 heterocycles. The molecule has 0 spiro atoms. The van der Waals surface area contributed by atoms with E-state index in [2.05, 4.69) is 40.8 Å². The van der Waals surface area contributed by atoms with Gasteiger partial charge >= 0.3 is 27.4 Å². The van der Waals surface area contributed by atoms with Gasteiger partial charge in [-0.2, -0.15) is 44.6 Å². The van der Waals surface area contributed by atoms with Crippen molar-refractivity contribution in [2.24, 2.45) is 30.7 Å². The van der Waals surface area contributed by atoms with Crippen molar-refractivity contribution in [3.05, 3.63) is 96.2 Å². The van der Waals surface area contributed by atoms with Gasteiger partial charge in [-0.05, 0) is 78.7 Å². The van der Waals surface area contributed by atoms with Crippen molar-refractivity contribution in [1.82, 2.24) is 14.8 Å². The largest absolute Gasteiger partial charge is 0.505 e. The molecule has 7 rings (SSSR count). The zero-order chi connectivity index (χ0) is 54.4.